The molecular formula is C22H19ClFN5O3. The van der Waals surface area contributed by atoms with Crippen molar-refractivity contribution in [3.8, 4) is 16.9 Å². The molecule has 0 spiro atoms. The van der Waals surface area contributed by atoms with Crippen LogP contribution in [0.3, 0.4) is 0 Å². The highest BCUT2D eigenvalue weighted by atomic mass is 35.5. The van der Waals surface area contributed by atoms with Crippen LogP contribution in [0.15, 0.2) is 41.5 Å². The molecule has 1 fully saturated rings. The molecule has 2 unspecified atom stereocenters. The second-order valence-electron chi connectivity index (χ2n) is 7.86. The van der Waals surface area contributed by atoms with Gasteiger partial charge in [0.1, 0.15) is 11.6 Å². The SMILES string of the molecule is COc1cncc(-c2cc(F)c(NC(=O)N3C4CCC3c3n[nH]c(=O)cc3C4)cc2Cl)c1. The van der Waals surface area contributed by atoms with Crippen LogP contribution in [0.5, 0.6) is 5.75 Å². The van der Waals surface area contributed by atoms with E-state index in [1.54, 1.807) is 17.2 Å². The van der Waals surface area contributed by atoms with Crippen LogP contribution in [0, 0.1) is 5.82 Å². The lowest BCUT2D eigenvalue weighted by Crippen LogP contribution is -2.45. The number of aromatic amines is 1. The first-order valence-electron chi connectivity index (χ1n) is 10.1. The van der Waals surface area contributed by atoms with E-state index in [0.717, 1.165) is 18.4 Å². The van der Waals surface area contributed by atoms with Crippen molar-refractivity contribution in [3.63, 3.8) is 0 Å². The number of carbonyl (C=O) groups is 1. The van der Waals surface area contributed by atoms with E-state index in [9.17, 15) is 14.0 Å². The lowest BCUT2D eigenvalue weighted by molar-refractivity contribution is 0.177. The van der Waals surface area contributed by atoms with Crippen molar-refractivity contribution in [2.24, 2.45) is 0 Å². The molecule has 1 aromatic carbocycles. The van der Waals surface area contributed by atoms with E-state index in [0.29, 0.717) is 29.0 Å². The molecule has 2 aliphatic rings. The molecule has 2 aromatic heterocycles. The zero-order valence-corrected chi connectivity index (χ0v) is 17.8. The van der Waals surface area contributed by atoms with Gasteiger partial charge in [0.05, 0.1) is 35.8 Å². The van der Waals surface area contributed by atoms with Crippen LogP contribution in [-0.2, 0) is 6.42 Å². The number of fused-ring (bicyclic) bond motifs is 4. The van der Waals surface area contributed by atoms with Crippen molar-refractivity contribution in [2.45, 2.75) is 31.3 Å². The van der Waals surface area contributed by atoms with Crippen molar-refractivity contribution in [1.82, 2.24) is 20.1 Å². The van der Waals surface area contributed by atoms with Gasteiger partial charge in [-0.25, -0.2) is 14.3 Å². The van der Waals surface area contributed by atoms with Gasteiger partial charge in [-0.15, -0.1) is 0 Å². The van der Waals surface area contributed by atoms with Gasteiger partial charge in [0.15, 0.2) is 0 Å². The molecule has 5 rings (SSSR count). The summed E-state index contributed by atoms with van der Waals surface area (Å²) < 4.78 is 20.1. The monoisotopic (exact) mass is 455 g/mol. The summed E-state index contributed by atoms with van der Waals surface area (Å²) in [6.45, 7) is 0. The molecule has 2 bridgehead atoms. The van der Waals surface area contributed by atoms with Crippen LogP contribution >= 0.6 is 11.6 Å². The number of halogens is 2. The second-order valence-corrected chi connectivity index (χ2v) is 8.26. The van der Waals surface area contributed by atoms with Crippen LogP contribution in [0.4, 0.5) is 14.9 Å². The fraction of sp³-hybridized carbons (Fsp3) is 0.273. The lowest BCUT2D eigenvalue weighted by Gasteiger charge is -2.35. The van der Waals surface area contributed by atoms with E-state index in [1.807, 2.05) is 0 Å². The Kier molecular flexibility index (Phi) is 5.05. The van der Waals surface area contributed by atoms with Gasteiger partial charge in [0.25, 0.3) is 5.56 Å². The molecule has 0 saturated carbocycles. The highest BCUT2D eigenvalue weighted by molar-refractivity contribution is 6.33. The number of benzene rings is 1. The third-order valence-electron chi connectivity index (χ3n) is 5.99. The largest absolute Gasteiger partial charge is 0.495 e. The molecule has 8 nitrogen and oxygen atoms in total. The normalized spacial score (nSPS) is 18.9. The highest BCUT2D eigenvalue weighted by Gasteiger charge is 2.44. The molecule has 0 aliphatic carbocycles. The van der Waals surface area contributed by atoms with Gasteiger partial charge in [0, 0.05) is 29.4 Å². The summed E-state index contributed by atoms with van der Waals surface area (Å²) in [6.07, 6.45) is 5.16. The zero-order valence-electron chi connectivity index (χ0n) is 17.1. The maximum Gasteiger partial charge on any atom is 0.322 e. The zero-order chi connectivity index (χ0) is 22.4. The van der Waals surface area contributed by atoms with Gasteiger partial charge in [-0.2, -0.15) is 5.10 Å². The number of nitrogens with zero attached hydrogens (tertiary/aromatic N) is 3. The molecule has 1 saturated heterocycles. The number of amides is 2. The smallest absolute Gasteiger partial charge is 0.322 e. The van der Waals surface area contributed by atoms with Crippen molar-refractivity contribution in [1.29, 1.82) is 0 Å². The lowest BCUT2D eigenvalue weighted by atomic mass is 9.99. The van der Waals surface area contributed by atoms with E-state index < -0.39 is 11.8 Å². The van der Waals surface area contributed by atoms with Crippen LogP contribution in [0.1, 0.15) is 30.1 Å². The molecule has 2 amide bonds. The number of urea groups is 1. The van der Waals surface area contributed by atoms with Crippen LogP contribution in [0.2, 0.25) is 5.02 Å². The Morgan fingerprint density at radius 2 is 2.12 bits per heavy atom. The van der Waals surface area contributed by atoms with E-state index in [-0.39, 0.29) is 28.4 Å². The molecular weight excluding hydrogens is 437 g/mol. The molecule has 164 valence electrons. The summed E-state index contributed by atoms with van der Waals surface area (Å²) in [6, 6.07) is 5.13. The first-order valence-corrected chi connectivity index (χ1v) is 10.5. The van der Waals surface area contributed by atoms with E-state index in [1.165, 1.54) is 31.5 Å². The van der Waals surface area contributed by atoms with Crippen molar-refractivity contribution in [2.75, 3.05) is 12.4 Å². The third-order valence-corrected chi connectivity index (χ3v) is 6.30. The average molecular weight is 456 g/mol. The number of methoxy groups -OCH3 is 1. The summed E-state index contributed by atoms with van der Waals surface area (Å²) in [5.41, 5.74) is 2.30. The van der Waals surface area contributed by atoms with Crippen LogP contribution in [-0.4, -0.2) is 39.3 Å². The van der Waals surface area contributed by atoms with E-state index in [2.05, 4.69) is 20.5 Å². The fourth-order valence-electron chi connectivity index (χ4n) is 4.54. The van der Waals surface area contributed by atoms with Gasteiger partial charge >= 0.3 is 6.03 Å². The Morgan fingerprint density at radius 3 is 2.94 bits per heavy atom. The summed E-state index contributed by atoms with van der Waals surface area (Å²) >= 11 is 6.41. The Labute approximate surface area is 187 Å². The number of H-pyrrole nitrogens is 1. The summed E-state index contributed by atoms with van der Waals surface area (Å²) in [5, 5.41) is 9.52. The van der Waals surface area contributed by atoms with Gasteiger partial charge < -0.3 is 15.0 Å². The van der Waals surface area contributed by atoms with Gasteiger partial charge in [-0.05, 0) is 43.0 Å². The minimum absolute atomic E-state index is 0.0146. The molecule has 3 aromatic rings. The first-order chi connectivity index (χ1) is 15.4. The predicted octanol–water partition coefficient (Wildman–Crippen LogP) is 3.93. The number of aromatic nitrogens is 3. The Morgan fingerprint density at radius 1 is 1.28 bits per heavy atom. The number of hydrogen-bond acceptors (Lipinski definition) is 5. The number of pyridine rings is 1. The summed E-state index contributed by atoms with van der Waals surface area (Å²) in [5.74, 6) is -0.0973. The summed E-state index contributed by atoms with van der Waals surface area (Å²) in [7, 11) is 1.51. The minimum Gasteiger partial charge on any atom is -0.495 e. The predicted molar refractivity (Wildman–Crippen MR) is 116 cm³/mol. The van der Waals surface area contributed by atoms with Gasteiger partial charge in [0.2, 0.25) is 0 Å². The average Bonchev–Trinajstić information content (AvgIpc) is 3.11. The standard InChI is InChI=1S/C22H19ClFN5O3/c1-32-14-5-12(9-25-10-14)15-7-17(24)18(8-16(15)23)26-22(31)29-13-2-3-19(29)21-11(4-13)6-20(30)27-28-21/h5-10,13,19H,2-4H2,1H3,(H,26,31)(H,27,30). The molecule has 4 heterocycles. The molecule has 32 heavy (non-hydrogen) atoms. The van der Waals surface area contributed by atoms with Crippen molar-refractivity contribution >= 4 is 23.3 Å². The quantitative estimate of drug-likeness (QED) is 0.623. The maximum absolute atomic E-state index is 14.9. The van der Waals surface area contributed by atoms with E-state index >= 15 is 0 Å². The van der Waals surface area contributed by atoms with E-state index in [4.69, 9.17) is 16.3 Å². The maximum atomic E-state index is 14.9. The summed E-state index contributed by atoms with van der Waals surface area (Å²) in [4.78, 5) is 30.4. The molecule has 2 aliphatic heterocycles. The van der Waals surface area contributed by atoms with Crippen molar-refractivity contribution in [3.05, 3.63) is 69.1 Å². The number of carbonyl (C=O) groups excluding carboxylic acids is 1. The third kappa shape index (κ3) is 3.48. The Bertz CT molecular complexity index is 1280. The molecule has 0 radical (unpaired) electrons. The fourth-order valence-corrected chi connectivity index (χ4v) is 4.81. The first kappa shape index (κ1) is 20.4. The highest BCUT2D eigenvalue weighted by Crippen LogP contribution is 2.42. The number of ether oxygens (including phenoxy) is 1. The van der Waals surface area contributed by atoms with Crippen molar-refractivity contribution < 1.29 is 13.9 Å². The number of nitrogens with one attached hydrogen (secondary N) is 2. The van der Waals surface area contributed by atoms with Crippen LogP contribution in [0.25, 0.3) is 11.1 Å². The molecule has 2 N–H and O–H groups in total. The Balaban J connectivity index is 1.41. The number of anilines is 1. The minimum atomic E-state index is -0.618. The van der Waals surface area contributed by atoms with Gasteiger partial charge in [-0.3, -0.25) is 9.78 Å². The van der Waals surface area contributed by atoms with Crippen LogP contribution < -0.4 is 15.6 Å². The second kappa shape index (κ2) is 7.90. The molecule has 2 atom stereocenters. The topological polar surface area (TPSA) is 100 Å². The molecule has 10 heteroatoms. The Hall–Kier alpha value is -3.46. The number of rotatable bonds is 3. The van der Waals surface area contributed by atoms with Gasteiger partial charge in [-0.1, -0.05) is 11.6 Å². The number of hydrogen-bond donors (Lipinski definition) is 2.